The second-order valence-electron chi connectivity index (χ2n) is 4.57. The van der Waals surface area contributed by atoms with Crippen molar-refractivity contribution in [1.82, 2.24) is 4.90 Å². The molecule has 0 N–H and O–H groups in total. The molecule has 1 heterocycles. The molecule has 0 bridgehead atoms. The molecule has 19 heavy (non-hydrogen) atoms. The van der Waals surface area contributed by atoms with E-state index in [1.807, 2.05) is 13.8 Å². The summed E-state index contributed by atoms with van der Waals surface area (Å²) < 4.78 is 39.2. The van der Waals surface area contributed by atoms with Crippen LogP contribution in [-0.2, 0) is 0 Å². The molecule has 1 aromatic rings. The largest absolute Gasteiger partial charge is 0.334 e. The molecule has 2 atom stereocenters. The van der Waals surface area contributed by atoms with Gasteiger partial charge in [0, 0.05) is 29.2 Å². The molecule has 104 valence electrons. The molecule has 0 aromatic heterocycles. The Balaban J connectivity index is 2.29. The molecule has 2 rings (SSSR count). The molecule has 1 saturated heterocycles. The molecule has 1 aromatic carbocycles. The topological polar surface area (TPSA) is 20.3 Å². The number of nitrogens with zero attached hydrogens (tertiary/aromatic N) is 1. The summed E-state index contributed by atoms with van der Waals surface area (Å²) in [6.07, 6.45) is 0. The molecule has 0 saturated carbocycles. The average Bonchev–Trinajstić information content (AvgIpc) is 2.38. The second kappa shape index (κ2) is 5.45. The van der Waals surface area contributed by atoms with Crippen LogP contribution >= 0.6 is 11.8 Å². The van der Waals surface area contributed by atoms with Crippen molar-refractivity contribution in [2.45, 2.75) is 25.1 Å². The normalized spacial score (nSPS) is 23.5. The molecule has 1 aliphatic heterocycles. The summed E-state index contributed by atoms with van der Waals surface area (Å²) >= 11 is 1.75. The first-order chi connectivity index (χ1) is 8.91. The number of benzene rings is 1. The van der Waals surface area contributed by atoms with E-state index in [9.17, 15) is 18.0 Å². The Morgan fingerprint density at radius 3 is 2.42 bits per heavy atom. The fourth-order valence-corrected chi connectivity index (χ4v) is 3.16. The number of halogens is 3. The van der Waals surface area contributed by atoms with Crippen LogP contribution in [0.2, 0.25) is 0 Å². The maximum Gasteiger partial charge on any atom is 0.254 e. The van der Waals surface area contributed by atoms with Crippen molar-refractivity contribution in [3.8, 4) is 0 Å². The molecular weight excluding hydrogens is 275 g/mol. The first-order valence-electron chi connectivity index (χ1n) is 5.99. The lowest BCUT2D eigenvalue weighted by atomic mass is 10.1. The van der Waals surface area contributed by atoms with E-state index in [1.54, 1.807) is 16.7 Å². The summed E-state index contributed by atoms with van der Waals surface area (Å²) in [5.74, 6) is -3.90. The van der Waals surface area contributed by atoms with Gasteiger partial charge in [-0.2, -0.15) is 11.8 Å². The standard InChI is InChI=1S/C13H14F3NOS/c1-7-8(2)19-4-3-17(7)13(18)9-5-10(14)12(16)11(15)6-9/h5-8H,3-4H2,1-2H3/t7-,8-/m1/s1. The molecule has 0 aliphatic carbocycles. The Bertz CT molecular complexity index is 486. The van der Waals surface area contributed by atoms with Crippen LogP contribution in [0.5, 0.6) is 0 Å². The first-order valence-corrected chi connectivity index (χ1v) is 7.03. The van der Waals surface area contributed by atoms with Crippen LogP contribution in [0.4, 0.5) is 13.2 Å². The number of hydrogen-bond donors (Lipinski definition) is 0. The van der Waals surface area contributed by atoms with Gasteiger partial charge in [0.25, 0.3) is 5.91 Å². The zero-order chi connectivity index (χ0) is 14.2. The Morgan fingerprint density at radius 2 is 1.84 bits per heavy atom. The Labute approximate surface area is 114 Å². The predicted molar refractivity (Wildman–Crippen MR) is 68.7 cm³/mol. The highest BCUT2D eigenvalue weighted by atomic mass is 32.2. The highest BCUT2D eigenvalue weighted by Crippen LogP contribution is 2.26. The summed E-state index contributed by atoms with van der Waals surface area (Å²) in [7, 11) is 0. The van der Waals surface area contributed by atoms with E-state index in [-0.39, 0.29) is 16.9 Å². The van der Waals surface area contributed by atoms with Crippen LogP contribution in [-0.4, -0.2) is 34.4 Å². The van der Waals surface area contributed by atoms with Gasteiger partial charge in [-0.25, -0.2) is 13.2 Å². The number of hydrogen-bond acceptors (Lipinski definition) is 2. The minimum Gasteiger partial charge on any atom is -0.334 e. The van der Waals surface area contributed by atoms with Crippen molar-refractivity contribution in [2.24, 2.45) is 0 Å². The third-order valence-electron chi connectivity index (χ3n) is 3.38. The maximum atomic E-state index is 13.2. The average molecular weight is 289 g/mol. The van der Waals surface area contributed by atoms with Crippen LogP contribution in [0.1, 0.15) is 24.2 Å². The molecule has 1 fully saturated rings. The van der Waals surface area contributed by atoms with Gasteiger partial charge in [-0.3, -0.25) is 4.79 Å². The van der Waals surface area contributed by atoms with Crippen molar-refractivity contribution in [3.05, 3.63) is 35.1 Å². The minimum absolute atomic E-state index is 0.0255. The number of rotatable bonds is 1. The van der Waals surface area contributed by atoms with E-state index in [0.29, 0.717) is 6.54 Å². The summed E-state index contributed by atoms with van der Waals surface area (Å²) in [6, 6.07) is 1.47. The van der Waals surface area contributed by atoms with Crippen molar-refractivity contribution in [1.29, 1.82) is 0 Å². The third kappa shape index (κ3) is 2.73. The van der Waals surface area contributed by atoms with Gasteiger partial charge < -0.3 is 4.90 Å². The number of thioether (sulfide) groups is 1. The summed E-state index contributed by atoms with van der Waals surface area (Å²) in [6.45, 7) is 4.42. The number of carbonyl (C=O) groups is 1. The lowest BCUT2D eigenvalue weighted by Crippen LogP contribution is -2.48. The van der Waals surface area contributed by atoms with Crippen LogP contribution < -0.4 is 0 Å². The Morgan fingerprint density at radius 1 is 1.26 bits per heavy atom. The highest BCUT2D eigenvalue weighted by Gasteiger charge is 2.30. The van der Waals surface area contributed by atoms with Gasteiger partial charge in [0.15, 0.2) is 17.5 Å². The lowest BCUT2D eigenvalue weighted by molar-refractivity contribution is 0.0697. The fraction of sp³-hybridized carbons (Fsp3) is 0.462. The monoisotopic (exact) mass is 289 g/mol. The van der Waals surface area contributed by atoms with Crippen LogP contribution in [0.25, 0.3) is 0 Å². The third-order valence-corrected chi connectivity index (χ3v) is 4.71. The Hall–Kier alpha value is -1.17. The van der Waals surface area contributed by atoms with E-state index < -0.39 is 23.4 Å². The lowest BCUT2D eigenvalue weighted by Gasteiger charge is -2.37. The zero-order valence-electron chi connectivity index (χ0n) is 10.6. The number of amides is 1. The molecule has 2 nitrogen and oxygen atoms in total. The molecule has 1 aliphatic rings. The van der Waals surface area contributed by atoms with E-state index in [2.05, 4.69) is 0 Å². The smallest absolute Gasteiger partial charge is 0.254 e. The van der Waals surface area contributed by atoms with Crippen molar-refractivity contribution >= 4 is 17.7 Å². The molecular formula is C13H14F3NOS. The van der Waals surface area contributed by atoms with Crippen LogP contribution in [0.15, 0.2) is 12.1 Å². The van der Waals surface area contributed by atoms with Gasteiger partial charge in [0.1, 0.15) is 0 Å². The predicted octanol–water partition coefficient (Wildman–Crippen LogP) is 3.07. The van der Waals surface area contributed by atoms with E-state index in [0.717, 1.165) is 17.9 Å². The summed E-state index contributed by atoms with van der Waals surface area (Å²) in [5.41, 5.74) is -0.151. The summed E-state index contributed by atoms with van der Waals surface area (Å²) in [5, 5.41) is 0.257. The van der Waals surface area contributed by atoms with Crippen LogP contribution in [0.3, 0.4) is 0 Å². The molecule has 6 heteroatoms. The molecule has 1 amide bonds. The van der Waals surface area contributed by atoms with Gasteiger partial charge in [-0.1, -0.05) is 6.92 Å². The fourth-order valence-electron chi connectivity index (χ4n) is 2.06. The molecule has 0 radical (unpaired) electrons. The van der Waals surface area contributed by atoms with Crippen LogP contribution in [0, 0.1) is 17.5 Å². The highest BCUT2D eigenvalue weighted by molar-refractivity contribution is 8.00. The van der Waals surface area contributed by atoms with E-state index in [1.165, 1.54) is 0 Å². The molecule has 0 spiro atoms. The van der Waals surface area contributed by atoms with E-state index >= 15 is 0 Å². The minimum atomic E-state index is -1.55. The van der Waals surface area contributed by atoms with Crippen molar-refractivity contribution < 1.29 is 18.0 Å². The maximum absolute atomic E-state index is 13.2. The van der Waals surface area contributed by atoms with Gasteiger partial charge >= 0.3 is 0 Å². The number of carbonyl (C=O) groups excluding carboxylic acids is 1. The Kier molecular flexibility index (Phi) is 4.08. The zero-order valence-corrected chi connectivity index (χ0v) is 11.4. The van der Waals surface area contributed by atoms with Gasteiger partial charge in [-0.15, -0.1) is 0 Å². The van der Waals surface area contributed by atoms with Crippen molar-refractivity contribution in [3.63, 3.8) is 0 Å². The summed E-state index contributed by atoms with van der Waals surface area (Å²) in [4.78, 5) is 13.8. The van der Waals surface area contributed by atoms with Gasteiger partial charge in [-0.05, 0) is 19.1 Å². The van der Waals surface area contributed by atoms with Gasteiger partial charge in [0.05, 0.1) is 0 Å². The van der Waals surface area contributed by atoms with E-state index in [4.69, 9.17) is 0 Å². The quantitative estimate of drug-likeness (QED) is 0.741. The van der Waals surface area contributed by atoms with Crippen molar-refractivity contribution in [2.75, 3.05) is 12.3 Å². The molecule has 0 unspecified atom stereocenters. The second-order valence-corrected chi connectivity index (χ2v) is 6.05. The van der Waals surface area contributed by atoms with Gasteiger partial charge in [0.2, 0.25) is 0 Å². The first kappa shape index (κ1) is 14.2. The SMILES string of the molecule is C[C@@H]1[C@@H](C)SCCN1C(=O)c1cc(F)c(F)c(F)c1.